The predicted molar refractivity (Wildman–Crippen MR) is 86.4 cm³/mol. The minimum absolute atomic E-state index is 0.156. The summed E-state index contributed by atoms with van der Waals surface area (Å²) < 4.78 is 18.6. The van der Waals surface area contributed by atoms with Gasteiger partial charge in [0, 0.05) is 5.02 Å². The van der Waals surface area contributed by atoms with Crippen LogP contribution in [-0.4, -0.2) is 18.0 Å². The van der Waals surface area contributed by atoms with Gasteiger partial charge in [-0.1, -0.05) is 35.3 Å². The number of hydrogen-bond donors (Lipinski definition) is 1. The maximum atomic E-state index is 13.6. The molecule has 2 aromatic rings. The van der Waals surface area contributed by atoms with E-state index in [9.17, 15) is 14.0 Å². The summed E-state index contributed by atoms with van der Waals surface area (Å²) in [6, 6.07) is 10.2. The lowest BCUT2D eigenvalue weighted by molar-refractivity contribution is -0.123. The molecule has 0 aliphatic carbocycles. The molecule has 4 nitrogen and oxygen atoms in total. The van der Waals surface area contributed by atoms with E-state index < -0.39 is 23.8 Å². The summed E-state index contributed by atoms with van der Waals surface area (Å²) in [4.78, 5) is 23.9. The highest BCUT2D eigenvalue weighted by atomic mass is 35.5. The van der Waals surface area contributed by atoms with Crippen LogP contribution in [0.5, 0.6) is 0 Å². The first kappa shape index (κ1) is 17.2. The van der Waals surface area contributed by atoms with Crippen LogP contribution in [0.2, 0.25) is 10.0 Å². The van der Waals surface area contributed by atoms with Crippen molar-refractivity contribution in [1.82, 2.24) is 0 Å². The lowest BCUT2D eigenvalue weighted by Crippen LogP contribution is -2.30. The van der Waals surface area contributed by atoms with Crippen molar-refractivity contribution in [3.8, 4) is 0 Å². The van der Waals surface area contributed by atoms with Crippen LogP contribution < -0.4 is 5.32 Å². The summed E-state index contributed by atoms with van der Waals surface area (Å²) in [7, 11) is 0. The number of para-hydroxylation sites is 1. The smallest absolute Gasteiger partial charge is 0.341 e. The summed E-state index contributed by atoms with van der Waals surface area (Å²) in [5, 5.41) is 3.03. The largest absolute Gasteiger partial charge is 0.449 e. The molecule has 0 aliphatic rings. The Bertz CT molecular complexity index is 752. The zero-order chi connectivity index (χ0) is 17.0. The van der Waals surface area contributed by atoms with Crippen molar-refractivity contribution < 1.29 is 18.7 Å². The zero-order valence-corrected chi connectivity index (χ0v) is 13.5. The van der Waals surface area contributed by atoms with Crippen molar-refractivity contribution in [2.24, 2.45) is 0 Å². The monoisotopic (exact) mass is 355 g/mol. The molecule has 0 bridgehead atoms. The molecule has 2 rings (SSSR count). The third kappa shape index (κ3) is 4.43. The van der Waals surface area contributed by atoms with E-state index in [1.165, 1.54) is 19.1 Å². The first-order chi connectivity index (χ1) is 10.9. The molecular weight excluding hydrogens is 344 g/mol. The highest BCUT2D eigenvalue weighted by Gasteiger charge is 2.21. The predicted octanol–water partition coefficient (Wildman–Crippen LogP) is 4.32. The second-order valence-corrected chi connectivity index (χ2v) is 5.48. The van der Waals surface area contributed by atoms with Crippen molar-refractivity contribution in [2.75, 3.05) is 5.32 Å². The normalized spacial score (nSPS) is 11.7. The van der Waals surface area contributed by atoms with Gasteiger partial charge in [-0.2, -0.15) is 0 Å². The van der Waals surface area contributed by atoms with E-state index in [1.807, 2.05) is 0 Å². The number of halogens is 3. The highest BCUT2D eigenvalue weighted by molar-refractivity contribution is 6.33. The van der Waals surface area contributed by atoms with Gasteiger partial charge in [-0.25, -0.2) is 9.18 Å². The fraction of sp³-hybridized carbons (Fsp3) is 0.125. The molecule has 1 amide bonds. The van der Waals surface area contributed by atoms with Crippen molar-refractivity contribution >= 4 is 40.8 Å². The zero-order valence-electron chi connectivity index (χ0n) is 12.0. The Balaban J connectivity index is 2.03. The van der Waals surface area contributed by atoms with Gasteiger partial charge in [0.2, 0.25) is 0 Å². The summed E-state index contributed by atoms with van der Waals surface area (Å²) in [5.41, 5.74) is 0.0894. The molecule has 0 spiro atoms. The Kier molecular flexibility index (Phi) is 5.58. The quantitative estimate of drug-likeness (QED) is 0.831. The summed E-state index contributed by atoms with van der Waals surface area (Å²) in [6.07, 6.45) is -1.13. The van der Waals surface area contributed by atoms with Crippen LogP contribution in [0.1, 0.15) is 17.3 Å². The molecule has 0 radical (unpaired) electrons. The van der Waals surface area contributed by atoms with Gasteiger partial charge in [-0.05, 0) is 37.3 Å². The number of ether oxygens (including phenoxy) is 1. The van der Waals surface area contributed by atoms with Gasteiger partial charge in [0.1, 0.15) is 5.82 Å². The number of carbonyl (C=O) groups is 2. The van der Waals surface area contributed by atoms with Gasteiger partial charge < -0.3 is 10.1 Å². The van der Waals surface area contributed by atoms with E-state index >= 15 is 0 Å². The fourth-order valence-electron chi connectivity index (χ4n) is 1.73. The van der Waals surface area contributed by atoms with E-state index in [1.54, 1.807) is 24.3 Å². The molecule has 0 unspecified atom stereocenters. The number of anilines is 1. The Labute approximate surface area is 142 Å². The molecule has 0 aliphatic heterocycles. The van der Waals surface area contributed by atoms with Crippen LogP contribution in [0.15, 0.2) is 42.5 Å². The van der Waals surface area contributed by atoms with Crippen LogP contribution in [-0.2, 0) is 9.53 Å². The van der Waals surface area contributed by atoms with Crippen molar-refractivity contribution in [3.63, 3.8) is 0 Å². The second-order valence-electron chi connectivity index (χ2n) is 4.64. The number of amides is 1. The molecule has 0 saturated heterocycles. The number of benzene rings is 2. The van der Waals surface area contributed by atoms with Crippen molar-refractivity contribution in [2.45, 2.75) is 13.0 Å². The molecule has 23 heavy (non-hydrogen) atoms. The van der Waals surface area contributed by atoms with Crippen LogP contribution in [0, 0.1) is 5.82 Å². The molecule has 0 saturated carbocycles. The van der Waals surface area contributed by atoms with Crippen LogP contribution in [0.25, 0.3) is 0 Å². The lowest BCUT2D eigenvalue weighted by atomic mass is 10.2. The number of hydrogen-bond acceptors (Lipinski definition) is 3. The number of rotatable bonds is 4. The molecule has 0 heterocycles. The maximum absolute atomic E-state index is 13.6. The van der Waals surface area contributed by atoms with Gasteiger partial charge in [-0.3, -0.25) is 4.79 Å². The standard InChI is InChI=1S/C16H12Cl2FNO3/c1-9(15(21)20-14-5-3-2-4-12(14)18)23-16(22)11-7-6-10(17)8-13(11)19/h2-9H,1H3,(H,20,21)/t9-/m0/s1. The van der Waals surface area contributed by atoms with E-state index in [-0.39, 0.29) is 10.6 Å². The average Bonchev–Trinajstić information content (AvgIpc) is 2.49. The minimum atomic E-state index is -1.13. The van der Waals surface area contributed by atoms with Crippen LogP contribution in [0.3, 0.4) is 0 Å². The molecule has 0 fully saturated rings. The summed E-state index contributed by atoms with van der Waals surface area (Å²) in [5.74, 6) is -2.36. The van der Waals surface area contributed by atoms with Crippen molar-refractivity contribution in [1.29, 1.82) is 0 Å². The summed E-state index contributed by atoms with van der Waals surface area (Å²) in [6.45, 7) is 1.37. The topological polar surface area (TPSA) is 55.4 Å². The molecule has 120 valence electrons. The van der Waals surface area contributed by atoms with Gasteiger partial charge in [0.25, 0.3) is 5.91 Å². The highest BCUT2D eigenvalue weighted by Crippen LogP contribution is 2.21. The third-order valence-corrected chi connectivity index (χ3v) is 3.50. The van der Waals surface area contributed by atoms with E-state index in [0.29, 0.717) is 10.7 Å². The van der Waals surface area contributed by atoms with Gasteiger partial charge >= 0.3 is 5.97 Å². The summed E-state index contributed by atoms with van der Waals surface area (Å²) >= 11 is 11.5. The Hall–Kier alpha value is -2.11. The maximum Gasteiger partial charge on any atom is 0.341 e. The molecule has 0 aromatic heterocycles. The number of carbonyl (C=O) groups excluding carboxylic acids is 2. The average molecular weight is 356 g/mol. The Morgan fingerprint density at radius 1 is 1.17 bits per heavy atom. The first-order valence-electron chi connectivity index (χ1n) is 6.60. The van der Waals surface area contributed by atoms with Crippen molar-refractivity contribution in [3.05, 3.63) is 63.9 Å². The van der Waals surface area contributed by atoms with Gasteiger partial charge in [0.15, 0.2) is 6.10 Å². The van der Waals surface area contributed by atoms with E-state index in [4.69, 9.17) is 27.9 Å². The van der Waals surface area contributed by atoms with E-state index in [0.717, 1.165) is 6.07 Å². The molecule has 1 atom stereocenters. The molecule has 1 N–H and O–H groups in total. The third-order valence-electron chi connectivity index (χ3n) is 2.94. The Morgan fingerprint density at radius 3 is 2.52 bits per heavy atom. The number of esters is 1. The second kappa shape index (κ2) is 7.44. The number of nitrogens with one attached hydrogen (secondary N) is 1. The van der Waals surface area contributed by atoms with Crippen LogP contribution in [0.4, 0.5) is 10.1 Å². The van der Waals surface area contributed by atoms with Gasteiger partial charge in [0.05, 0.1) is 16.3 Å². The molecule has 2 aromatic carbocycles. The molecular formula is C16H12Cl2FNO3. The Morgan fingerprint density at radius 2 is 1.87 bits per heavy atom. The lowest BCUT2D eigenvalue weighted by Gasteiger charge is -2.14. The minimum Gasteiger partial charge on any atom is -0.449 e. The van der Waals surface area contributed by atoms with E-state index in [2.05, 4.69) is 5.32 Å². The first-order valence-corrected chi connectivity index (χ1v) is 7.35. The SMILES string of the molecule is C[C@H](OC(=O)c1ccc(Cl)cc1F)C(=O)Nc1ccccc1Cl. The fourth-order valence-corrected chi connectivity index (χ4v) is 2.07. The van der Waals surface area contributed by atoms with Gasteiger partial charge in [-0.15, -0.1) is 0 Å². The van der Waals surface area contributed by atoms with Crippen LogP contribution >= 0.6 is 23.2 Å². The molecule has 7 heteroatoms.